The van der Waals surface area contributed by atoms with E-state index >= 15 is 0 Å². The Labute approximate surface area is 119 Å². The van der Waals surface area contributed by atoms with E-state index in [0.717, 1.165) is 0 Å². The first-order valence-corrected chi connectivity index (χ1v) is 7.92. The molecule has 0 bridgehead atoms. The Bertz CT molecular complexity index is 553. The molecule has 6 nitrogen and oxygen atoms in total. The minimum atomic E-state index is -3.47. The summed E-state index contributed by atoms with van der Waals surface area (Å²) in [5.41, 5.74) is 6.24. The first-order valence-electron chi connectivity index (χ1n) is 6.44. The Balaban J connectivity index is 2.80. The van der Waals surface area contributed by atoms with Gasteiger partial charge < -0.3 is 11.1 Å². The molecule has 0 aliphatic carbocycles. The van der Waals surface area contributed by atoms with E-state index < -0.39 is 16.1 Å². The van der Waals surface area contributed by atoms with Crippen LogP contribution in [0.2, 0.25) is 0 Å². The van der Waals surface area contributed by atoms with Crippen molar-refractivity contribution in [3.8, 4) is 0 Å². The minimum Gasteiger partial charge on any atom is -0.325 e. The summed E-state index contributed by atoms with van der Waals surface area (Å²) in [4.78, 5) is 11.9. The maximum Gasteiger partial charge on any atom is 0.241 e. The van der Waals surface area contributed by atoms with E-state index in [1.807, 2.05) is 13.8 Å². The summed E-state index contributed by atoms with van der Waals surface area (Å²) in [6.07, 6.45) is 0. The number of anilines is 1. The molecule has 0 aromatic heterocycles. The average molecular weight is 299 g/mol. The standard InChI is InChI=1S/C13H21N3O3S/c1-4-15-20(18,19)11-7-5-10(6-8-11)16-13(17)12(14)9(2)3/h5-9,12,15H,4,14H2,1-3H3,(H,16,17). The van der Waals surface area contributed by atoms with Gasteiger partial charge in [-0.2, -0.15) is 0 Å². The van der Waals surface area contributed by atoms with Gasteiger partial charge >= 0.3 is 0 Å². The minimum absolute atomic E-state index is 0.0309. The van der Waals surface area contributed by atoms with Gasteiger partial charge in [-0.3, -0.25) is 4.79 Å². The topological polar surface area (TPSA) is 101 Å². The van der Waals surface area contributed by atoms with Crippen molar-refractivity contribution in [1.29, 1.82) is 0 Å². The molecule has 1 rings (SSSR count). The third kappa shape index (κ3) is 4.29. The second-order valence-electron chi connectivity index (χ2n) is 4.78. The molecule has 1 aromatic rings. The lowest BCUT2D eigenvalue weighted by atomic mass is 10.1. The lowest BCUT2D eigenvalue weighted by Crippen LogP contribution is -2.39. The van der Waals surface area contributed by atoms with E-state index in [1.165, 1.54) is 24.3 Å². The number of carbonyl (C=O) groups is 1. The van der Waals surface area contributed by atoms with Gasteiger partial charge in [0.05, 0.1) is 10.9 Å². The SMILES string of the molecule is CCNS(=O)(=O)c1ccc(NC(=O)C(N)C(C)C)cc1. The van der Waals surface area contributed by atoms with E-state index in [0.29, 0.717) is 12.2 Å². The van der Waals surface area contributed by atoms with Crippen LogP contribution in [0, 0.1) is 5.92 Å². The summed E-state index contributed by atoms with van der Waals surface area (Å²) in [7, 11) is -3.47. The Morgan fingerprint density at radius 3 is 2.25 bits per heavy atom. The molecule has 0 heterocycles. The number of sulfonamides is 1. The summed E-state index contributed by atoms with van der Waals surface area (Å²) >= 11 is 0. The molecular formula is C13H21N3O3S. The van der Waals surface area contributed by atoms with Crippen molar-refractivity contribution in [2.24, 2.45) is 11.7 Å². The molecule has 20 heavy (non-hydrogen) atoms. The summed E-state index contributed by atoms with van der Waals surface area (Å²) in [5.74, 6) is -0.259. The Hall–Kier alpha value is -1.44. The van der Waals surface area contributed by atoms with Gasteiger partial charge in [-0.1, -0.05) is 20.8 Å². The van der Waals surface area contributed by atoms with Crippen LogP contribution in [0.25, 0.3) is 0 Å². The number of hydrogen-bond acceptors (Lipinski definition) is 4. The van der Waals surface area contributed by atoms with Crippen molar-refractivity contribution in [3.05, 3.63) is 24.3 Å². The summed E-state index contributed by atoms with van der Waals surface area (Å²) in [6, 6.07) is 5.35. The van der Waals surface area contributed by atoms with Gasteiger partial charge in [-0.05, 0) is 30.2 Å². The van der Waals surface area contributed by atoms with Crippen LogP contribution in [0.1, 0.15) is 20.8 Å². The van der Waals surface area contributed by atoms with Crippen molar-refractivity contribution in [2.75, 3.05) is 11.9 Å². The van der Waals surface area contributed by atoms with Gasteiger partial charge in [0.15, 0.2) is 0 Å². The third-order valence-electron chi connectivity index (χ3n) is 2.79. The predicted molar refractivity (Wildman–Crippen MR) is 78.7 cm³/mol. The Kier molecular flexibility index (Phi) is 5.67. The van der Waals surface area contributed by atoms with E-state index in [-0.39, 0.29) is 16.7 Å². The first kappa shape index (κ1) is 16.6. The highest BCUT2D eigenvalue weighted by Gasteiger charge is 2.17. The molecule has 0 spiro atoms. The van der Waals surface area contributed by atoms with Crippen LogP contribution in [0.3, 0.4) is 0 Å². The highest BCUT2D eigenvalue weighted by molar-refractivity contribution is 7.89. The molecule has 112 valence electrons. The maximum atomic E-state index is 11.8. The van der Waals surface area contributed by atoms with E-state index in [9.17, 15) is 13.2 Å². The zero-order valence-corrected chi connectivity index (χ0v) is 12.7. The van der Waals surface area contributed by atoms with Crippen molar-refractivity contribution < 1.29 is 13.2 Å². The maximum absolute atomic E-state index is 11.8. The fraction of sp³-hybridized carbons (Fsp3) is 0.462. The van der Waals surface area contributed by atoms with Gasteiger partial charge in [0.25, 0.3) is 0 Å². The van der Waals surface area contributed by atoms with Gasteiger partial charge in [-0.25, -0.2) is 13.1 Å². The number of carbonyl (C=O) groups excluding carboxylic acids is 1. The molecule has 0 saturated heterocycles. The van der Waals surface area contributed by atoms with Crippen LogP contribution in [-0.2, 0) is 14.8 Å². The zero-order chi connectivity index (χ0) is 15.3. The lowest BCUT2D eigenvalue weighted by molar-refractivity contribution is -0.118. The monoisotopic (exact) mass is 299 g/mol. The number of hydrogen-bond donors (Lipinski definition) is 3. The molecule has 0 aliphatic heterocycles. The number of nitrogens with two attached hydrogens (primary N) is 1. The van der Waals surface area contributed by atoms with Crippen LogP contribution in [0.4, 0.5) is 5.69 Å². The van der Waals surface area contributed by atoms with E-state index in [4.69, 9.17) is 5.73 Å². The fourth-order valence-corrected chi connectivity index (χ4v) is 2.56. The van der Waals surface area contributed by atoms with Crippen LogP contribution in [0.15, 0.2) is 29.2 Å². The largest absolute Gasteiger partial charge is 0.325 e. The highest BCUT2D eigenvalue weighted by Crippen LogP contribution is 2.14. The number of benzene rings is 1. The third-order valence-corrected chi connectivity index (χ3v) is 4.35. The molecule has 0 radical (unpaired) electrons. The second-order valence-corrected chi connectivity index (χ2v) is 6.55. The van der Waals surface area contributed by atoms with Crippen LogP contribution < -0.4 is 15.8 Å². The zero-order valence-electron chi connectivity index (χ0n) is 11.9. The second kappa shape index (κ2) is 6.83. The van der Waals surface area contributed by atoms with Crippen molar-refractivity contribution in [2.45, 2.75) is 31.7 Å². The lowest BCUT2D eigenvalue weighted by Gasteiger charge is -2.15. The predicted octanol–water partition coefficient (Wildman–Crippen LogP) is 0.907. The number of nitrogens with one attached hydrogen (secondary N) is 2. The summed E-state index contributed by atoms with van der Waals surface area (Å²) in [6.45, 7) is 5.75. The van der Waals surface area contributed by atoms with Crippen LogP contribution in [-0.4, -0.2) is 26.9 Å². The normalized spacial score (nSPS) is 13.2. The average Bonchev–Trinajstić information content (AvgIpc) is 2.38. The fourth-order valence-electron chi connectivity index (χ4n) is 1.52. The Morgan fingerprint density at radius 2 is 1.80 bits per heavy atom. The molecule has 7 heteroatoms. The molecular weight excluding hydrogens is 278 g/mol. The highest BCUT2D eigenvalue weighted by atomic mass is 32.2. The number of rotatable bonds is 6. The molecule has 4 N–H and O–H groups in total. The van der Waals surface area contributed by atoms with Crippen LogP contribution in [0.5, 0.6) is 0 Å². The van der Waals surface area contributed by atoms with E-state index in [1.54, 1.807) is 6.92 Å². The quantitative estimate of drug-likeness (QED) is 0.726. The van der Waals surface area contributed by atoms with Crippen LogP contribution >= 0.6 is 0 Å². The molecule has 0 fully saturated rings. The van der Waals surface area contributed by atoms with Crippen molar-refractivity contribution in [1.82, 2.24) is 4.72 Å². The Morgan fingerprint density at radius 1 is 1.25 bits per heavy atom. The number of amides is 1. The molecule has 0 aliphatic rings. The summed E-state index contributed by atoms with van der Waals surface area (Å²) in [5, 5.41) is 2.65. The molecule has 1 unspecified atom stereocenters. The molecule has 1 aromatic carbocycles. The van der Waals surface area contributed by atoms with Gasteiger partial charge in [0.1, 0.15) is 0 Å². The smallest absolute Gasteiger partial charge is 0.241 e. The van der Waals surface area contributed by atoms with Gasteiger partial charge in [-0.15, -0.1) is 0 Å². The van der Waals surface area contributed by atoms with Gasteiger partial charge in [0.2, 0.25) is 15.9 Å². The van der Waals surface area contributed by atoms with Crippen molar-refractivity contribution >= 4 is 21.6 Å². The van der Waals surface area contributed by atoms with E-state index in [2.05, 4.69) is 10.0 Å². The molecule has 0 saturated carbocycles. The molecule has 1 atom stereocenters. The van der Waals surface area contributed by atoms with Crippen molar-refractivity contribution in [3.63, 3.8) is 0 Å². The summed E-state index contributed by atoms with van der Waals surface area (Å²) < 4.78 is 25.9. The van der Waals surface area contributed by atoms with Gasteiger partial charge in [0, 0.05) is 12.2 Å². The molecule has 1 amide bonds. The first-order chi connectivity index (χ1) is 9.27.